The van der Waals surface area contributed by atoms with Crippen LogP contribution in [0.3, 0.4) is 0 Å². The van der Waals surface area contributed by atoms with Crippen molar-refractivity contribution in [3.63, 3.8) is 0 Å². The average Bonchev–Trinajstić information content (AvgIpc) is 2.74. The highest BCUT2D eigenvalue weighted by Gasteiger charge is 2.16. The molecule has 0 saturated heterocycles. The Labute approximate surface area is 183 Å². The van der Waals surface area contributed by atoms with Crippen LogP contribution in [0.1, 0.15) is 20.8 Å². The zero-order chi connectivity index (χ0) is 22.5. The van der Waals surface area contributed by atoms with Gasteiger partial charge in [-0.1, -0.05) is 0 Å². The maximum atomic E-state index is 6.02. The molecule has 3 atom stereocenters. The van der Waals surface area contributed by atoms with Crippen LogP contribution in [0.5, 0.6) is 0 Å². The van der Waals surface area contributed by atoms with E-state index in [2.05, 4.69) is 16.0 Å². The minimum atomic E-state index is -0.181. The van der Waals surface area contributed by atoms with Gasteiger partial charge in [0.1, 0.15) is 6.10 Å². The first-order valence-corrected chi connectivity index (χ1v) is 11.1. The maximum Gasteiger partial charge on any atom is 0.104 e. The van der Waals surface area contributed by atoms with Gasteiger partial charge in [0.25, 0.3) is 0 Å². The monoisotopic (exact) mass is 437 g/mol. The minimum Gasteiger partial charge on any atom is -0.377 e. The van der Waals surface area contributed by atoms with Crippen LogP contribution in [0.25, 0.3) is 0 Å². The van der Waals surface area contributed by atoms with Crippen molar-refractivity contribution in [1.82, 2.24) is 16.0 Å². The number of hydrogen-bond acceptors (Lipinski definition) is 9. The lowest BCUT2D eigenvalue weighted by Crippen LogP contribution is -2.34. The fourth-order valence-electron chi connectivity index (χ4n) is 2.31. The van der Waals surface area contributed by atoms with Crippen LogP contribution in [0.2, 0.25) is 0 Å². The highest BCUT2D eigenvalue weighted by Crippen LogP contribution is 2.04. The highest BCUT2D eigenvalue weighted by atomic mass is 16.6. The van der Waals surface area contributed by atoms with Crippen molar-refractivity contribution in [1.29, 1.82) is 0 Å². The van der Waals surface area contributed by atoms with E-state index < -0.39 is 0 Å². The van der Waals surface area contributed by atoms with Gasteiger partial charge in [0.15, 0.2) is 0 Å². The van der Waals surface area contributed by atoms with Crippen molar-refractivity contribution < 1.29 is 28.4 Å². The van der Waals surface area contributed by atoms with E-state index in [1.807, 2.05) is 41.9 Å². The summed E-state index contributed by atoms with van der Waals surface area (Å²) in [5, 5.41) is 9.17. The van der Waals surface area contributed by atoms with Crippen molar-refractivity contribution in [3.8, 4) is 0 Å². The van der Waals surface area contributed by atoms with E-state index >= 15 is 0 Å². The number of rotatable bonds is 23. The number of nitrogens with one attached hydrogen (secondary N) is 3. The van der Waals surface area contributed by atoms with Crippen molar-refractivity contribution >= 4 is 0 Å². The molecular weight excluding hydrogens is 390 g/mol. The Balaban J connectivity index is 4.28. The Morgan fingerprint density at radius 1 is 0.500 bits per heavy atom. The Kier molecular flexibility index (Phi) is 21.6. The third kappa shape index (κ3) is 19.6. The molecule has 30 heavy (non-hydrogen) atoms. The molecular formula is C21H47N3O6. The SMILES string of the molecule is CNCCOCC(C)OCC(COC(C)COCCNC)OCC(C)OCCNC. The smallest absolute Gasteiger partial charge is 0.104 e. The van der Waals surface area contributed by atoms with Crippen LogP contribution in [0.15, 0.2) is 0 Å². The topological polar surface area (TPSA) is 91.5 Å². The first-order chi connectivity index (χ1) is 14.5. The molecule has 0 amide bonds. The molecule has 182 valence electrons. The molecule has 0 aromatic heterocycles. The van der Waals surface area contributed by atoms with Gasteiger partial charge in [-0.05, 0) is 41.9 Å². The van der Waals surface area contributed by atoms with Crippen molar-refractivity contribution in [2.75, 3.05) is 93.6 Å². The van der Waals surface area contributed by atoms with Gasteiger partial charge < -0.3 is 44.4 Å². The van der Waals surface area contributed by atoms with Crippen LogP contribution in [0.4, 0.5) is 0 Å². The summed E-state index contributed by atoms with van der Waals surface area (Å²) in [6.07, 6.45) is -0.204. The molecule has 0 rings (SSSR count). The van der Waals surface area contributed by atoms with E-state index in [1.165, 1.54) is 0 Å². The lowest BCUT2D eigenvalue weighted by molar-refractivity contribution is -0.119. The molecule has 0 heterocycles. The summed E-state index contributed by atoms with van der Waals surface area (Å²) in [5.41, 5.74) is 0. The first kappa shape index (κ1) is 29.6. The van der Waals surface area contributed by atoms with Gasteiger partial charge >= 0.3 is 0 Å². The van der Waals surface area contributed by atoms with Gasteiger partial charge in [-0.2, -0.15) is 0 Å². The lowest BCUT2D eigenvalue weighted by atomic mass is 10.3. The van der Waals surface area contributed by atoms with Crippen LogP contribution in [0, 0.1) is 0 Å². The predicted molar refractivity (Wildman–Crippen MR) is 119 cm³/mol. The quantitative estimate of drug-likeness (QED) is 0.195. The Morgan fingerprint density at radius 2 is 0.933 bits per heavy atom. The van der Waals surface area contributed by atoms with Gasteiger partial charge in [0.2, 0.25) is 0 Å². The molecule has 9 nitrogen and oxygen atoms in total. The second kappa shape index (κ2) is 21.9. The molecule has 0 aliphatic rings. The van der Waals surface area contributed by atoms with E-state index in [0.717, 1.165) is 19.6 Å². The molecule has 0 aliphatic heterocycles. The van der Waals surface area contributed by atoms with Crippen molar-refractivity contribution in [3.05, 3.63) is 0 Å². The molecule has 0 aliphatic carbocycles. The second-order valence-electron chi connectivity index (χ2n) is 7.39. The van der Waals surface area contributed by atoms with E-state index in [1.54, 1.807) is 0 Å². The summed E-state index contributed by atoms with van der Waals surface area (Å²) in [7, 11) is 5.71. The summed E-state index contributed by atoms with van der Waals surface area (Å²) in [6.45, 7) is 12.9. The molecule has 0 aromatic carbocycles. The van der Waals surface area contributed by atoms with Crippen LogP contribution in [-0.2, 0) is 28.4 Å². The van der Waals surface area contributed by atoms with Crippen LogP contribution >= 0.6 is 0 Å². The van der Waals surface area contributed by atoms with E-state index in [9.17, 15) is 0 Å². The third-order valence-electron chi connectivity index (χ3n) is 4.15. The van der Waals surface area contributed by atoms with Gasteiger partial charge in [0.05, 0.1) is 71.2 Å². The van der Waals surface area contributed by atoms with Crippen LogP contribution < -0.4 is 16.0 Å². The average molecular weight is 438 g/mol. The molecule has 0 spiro atoms. The molecule has 0 fully saturated rings. The third-order valence-corrected chi connectivity index (χ3v) is 4.15. The predicted octanol–water partition coefficient (Wildman–Crippen LogP) is 0.278. The van der Waals surface area contributed by atoms with E-state index in [4.69, 9.17) is 28.4 Å². The Hall–Kier alpha value is -0.360. The largest absolute Gasteiger partial charge is 0.377 e. The molecule has 0 aromatic rings. The van der Waals surface area contributed by atoms with Gasteiger partial charge in [-0.25, -0.2) is 0 Å². The Bertz CT molecular complexity index is 333. The fourth-order valence-corrected chi connectivity index (χ4v) is 2.31. The summed E-state index contributed by atoms with van der Waals surface area (Å²) in [4.78, 5) is 0. The zero-order valence-corrected chi connectivity index (χ0v) is 20.0. The normalized spacial score (nSPS) is 15.8. The summed E-state index contributed by atoms with van der Waals surface area (Å²) < 4.78 is 34.7. The summed E-state index contributed by atoms with van der Waals surface area (Å²) >= 11 is 0. The minimum absolute atomic E-state index is 0.00505. The molecule has 0 bridgehead atoms. The zero-order valence-electron chi connectivity index (χ0n) is 20.0. The Morgan fingerprint density at radius 3 is 1.40 bits per heavy atom. The van der Waals surface area contributed by atoms with Crippen molar-refractivity contribution in [2.24, 2.45) is 0 Å². The fraction of sp³-hybridized carbons (Fsp3) is 1.00. The van der Waals surface area contributed by atoms with E-state index in [-0.39, 0.29) is 24.4 Å². The molecule has 3 unspecified atom stereocenters. The first-order valence-electron chi connectivity index (χ1n) is 11.1. The number of ether oxygens (including phenoxy) is 6. The molecule has 9 heteroatoms. The molecule has 0 saturated carbocycles. The molecule has 3 N–H and O–H groups in total. The van der Waals surface area contributed by atoms with Crippen molar-refractivity contribution in [2.45, 2.75) is 45.2 Å². The number of likely N-dealkylation sites (N-methyl/N-ethyl adjacent to an activating group) is 3. The molecule has 0 radical (unpaired) electrons. The maximum absolute atomic E-state index is 6.02. The van der Waals surface area contributed by atoms with Gasteiger partial charge in [0, 0.05) is 19.6 Å². The summed E-state index contributed by atoms with van der Waals surface area (Å²) in [5.74, 6) is 0. The van der Waals surface area contributed by atoms with Gasteiger partial charge in [-0.3, -0.25) is 0 Å². The summed E-state index contributed by atoms with van der Waals surface area (Å²) in [6, 6.07) is 0. The van der Waals surface area contributed by atoms with Crippen LogP contribution in [-0.4, -0.2) is 118 Å². The lowest BCUT2D eigenvalue weighted by Gasteiger charge is -2.24. The van der Waals surface area contributed by atoms with E-state index in [0.29, 0.717) is 52.9 Å². The highest BCUT2D eigenvalue weighted by molar-refractivity contribution is 4.62. The van der Waals surface area contributed by atoms with Gasteiger partial charge in [-0.15, -0.1) is 0 Å². The second-order valence-corrected chi connectivity index (χ2v) is 7.39. The number of hydrogen-bond donors (Lipinski definition) is 3. The standard InChI is InChI=1S/C21H47N3O6/c1-18(13-25-10-7-22-4)28-16-21(30-15-20(3)27-12-9-24-6)17-29-19(2)14-26-11-8-23-5/h18-24H,7-17H2,1-6H3.